The molecule has 1 amide bonds. The summed E-state index contributed by atoms with van der Waals surface area (Å²) in [6.45, 7) is 3.67. The fourth-order valence-corrected chi connectivity index (χ4v) is 3.72. The summed E-state index contributed by atoms with van der Waals surface area (Å²) in [5.74, 6) is 0.573. The Hall–Kier alpha value is -0.100. The first-order chi connectivity index (χ1) is 8.09. The van der Waals surface area contributed by atoms with E-state index in [1.54, 1.807) is 0 Å². The quantitative estimate of drug-likeness (QED) is 0.888. The smallest absolute Gasteiger partial charge is 0.265 e. The zero-order chi connectivity index (χ0) is 12.4. The molecule has 0 saturated carbocycles. The highest BCUT2D eigenvalue weighted by Gasteiger charge is 2.27. The van der Waals surface area contributed by atoms with E-state index in [0.717, 1.165) is 35.3 Å². The minimum absolute atomic E-state index is 0. The summed E-state index contributed by atoms with van der Waals surface area (Å²) in [5, 5.41) is 1.93. The zero-order valence-electron chi connectivity index (χ0n) is 10.3. The Kier molecular flexibility index (Phi) is 6.11. The molecule has 2 rings (SSSR count). The highest BCUT2D eigenvalue weighted by Crippen LogP contribution is 2.27. The topological polar surface area (TPSA) is 46.3 Å². The molecule has 2 atom stereocenters. The van der Waals surface area contributed by atoms with Crippen molar-refractivity contribution in [3.8, 4) is 0 Å². The van der Waals surface area contributed by atoms with Gasteiger partial charge in [-0.3, -0.25) is 4.79 Å². The van der Waals surface area contributed by atoms with E-state index < -0.39 is 0 Å². The van der Waals surface area contributed by atoms with Crippen molar-refractivity contribution in [3.63, 3.8) is 0 Å². The van der Waals surface area contributed by atoms with Crippen LogP contribution in [0.4, 0.5) is 0 Å². The predicted molar refractivity (Wildman–Crippen MR) is 81.5 cm³/mol. The Bertz CT molecular complexity index is 411. The van der Waals surface area contributed by atoms with Gasteiger partial charge in [-0.05, 0) is 53.1 Å². The summed E-state index contributed by atoms with van der Waals surface area (Å²) < 4.78 is 0.899. The fraction of sp³-hybridized carbons (Fsp3) is 0.583. The van der Waals surface area contributed by atoms with E-state index in [1.165, 1.54) is 11.3 Å². The molecule has 2 N–H and O–H groups in total. The van der Waals surface area contributed by atoms with Crippen LogP contribution < -0.4 is 5.73 Å². The van der Waals surface area contributed by atoms with Gasteiger partial charge in [-0.25, -0.2) is 0 Å². The molecule has 2 unspecified atom stereocenters. The second-order valence-electron chi connectivity index (χ2n) is 4.61. The first-order valence-corrected chi connectivity index (χ1v) is 7.54. The van der Waals surface area contributed by atoms with Crippen LogP contribution in [0.2, 0.25) is 0 Å². The number of nitrogens with two attached hydrogens (primary N) is 1. The third kappa shape index (κ3) is 3.47. The molecule has 6 heteroatoms. The van der Waals surface area contributed by atoms with Crippen LogP contribution in [0.25, 0.3) is 0 Å². The van der Waals surface area contributed by atoms with Crippen LogP contribution in [-0.2, 0) is 0 Å². The number of likely N-dealkylation sites (tertiary alicyclic amines) is 1. The average Bonchev–Trinajstić information content (AvgIpc) is 2.74. The van der Waals surface area contributed by atoms with E-state index >= 15 is 0 Å². The van der Waals surface area contributed by atoms with Crippen LogP contribution in [0.15, 0.2) is 15.9 Å². The Morgan fingerprint density at radius 1 is 1.67 bits per heavy atom. The Morgan fingerprint density at radius 2 is 2.39 bits per heavy atom. The van der Waals surface area contributed by atoms with E-state index in [9.17, 15) is 4.79 Å². The van der Waals surface area contributed by atoms with Crippen molar-refractivity contribution in [2.24, 2.45) is 11.7 Å². The average molecular weight is 354 g/mol. The molecule has 0 spiro atoms. The minimum atomic E-state index is 0. The number of rotatable bonds is 2. The van der Waals surface area contributed by atoms with Crippen LogP contribution in [0.5, 0.6) is 0 Å². The second-order valence-corrected chi connectivity index (χ2v) is 6.38. The van der Waals surface area contributed by atoms with Crippen molar-refractivity contribution in [3.05, 3.63) is 20.8 Å². The molecule has 1 aromatic heterocycles. The Morgan fingerprint density at radius 3 is 2.94 bits per heavy atom. The molecule has 0 aromatic carbocycles. The standard InChI is InChI=1S/C12H17BrN2OS.ClH/c1-8(14)9-3-2-5-15(7-9)12(16)11-10(13)4-6-17-11;/h4,6,8-9H,2-3,5,7,14H2,1H3;1H. The molecule has 1 aliphatic rings. The van der Waals surface area contributed by atoms with E-state index in [-0.39, 0.29) is 24.4 Å². The third-order valence-corrected chi connectivity index (χ3v) is 5.13. The van der Waals surface area contributed by atoms with Gasteiger partial charge in [0.2, 0.25) is 0 Å². The van der Waals surface area contributed by atoms with Crippen molar-refractivity contribution >= 4 is 45.6 Å². The van der Waals surface area contributed by atoms with Crippen LogP contribution in [-0.4, -0.2) is 29.9 Å². The van der Waals surface area contributed by atoms with Crippen LogP contribution in [0.3, 0.4) is 0 Å². The number of thiophene rings is 1. The molecule has 3 nitrogen and oxygen atoms in total. The number of carbonyl (C=O) groups excluding carboxylic acids is 1. The summed E-state index contributed by atoms with van der Waals surface area (Å²) in [6.07, 6.45) is 2.19. The Labute approximate surface area is 126 Å². The van der Waals surface area contributed by atoms with Crippen molar-refractivity contribution in [2.45, 2.75) is 25.8 Å². The van der Waals surface area contributed by atoms with E-state index in [4.69, 9.17) is 5.73 Å². The minimum Gasteiger partial charge on any atom is -0.338 e. The lowest BCUT2D eigenvalue weighted by molar-refractivity contribution is 0.0665. The molecule has 0 bridgehead atoms. The van der Waals surface area contributed by atoms with Gasteiger partial charge in [-0.15, -0.1) is 23.7 Å². The van der Waals surface area contributed by atoms with Gasteiger partial charge in [0.1, 0.15) is 4.88 Å². The number of nitrogens with zero attached hydrogens (tertiary/aromatic N) is 1. The fourth-order valence-electron chi connectivity index (χ4n) is 2.21. The number of carbonyl (C=O) groups is 1. The van der Waals surface area contributed by atoms with Gasteiger partial charge in [-0.1, -0.05) is 0 Å². The van der Waals surface area contributed by atoms with Crippen molar-refractivity contribution in [1.82, 2.24) is 4.90 Å². The van der Waals surface area contributed by atoms with Gasteiger partial charge in [0.05, 0.1) is 0 Å². The normalized spacial score (nSPS) is 21.3. The first kappa shape index (κ1) is 16.0. The summed E-state index contributed by atoms with van der Waals surface area (Å²) in [5.41, 5.74) is 5.93. The van der Waals surface area contributed by atoms with Crippen LogP contribution >= 0.6 is 39.7 Å². The second kappa shape index (κ2) is 6.89. The molecular formula is C12H18BrClN2OS. The lowest BCUT2D eigenvalue weighted by atomic mass is 9.92. The molecule has 1 aliphatic heterocycles. The number of amides is 1. The van der Waals surface area contributed by atoms with Crippen molar-refractivity contribution < 1.29 is 4.79 Å². The maximum Gasteiger partial charge on any atom is 0.265 e. The number of hydrogen-bond acceptors (Lipinski definition) is 3. The molecule has 0 aliphatic carbocycles. The van der Waals surface area contributed by atoms with Crippen LogP contribution in [0, 0.1) is 5.92 Å². The summed E-state index contributed by atoms with van der Waals surface area (Å²) in [7, 11) is 0. The molecule has 2 heterocycles. The summed E-state index contributed by atoms with van der Waals surface area (Å²) in [4.78, 5) is 15.1. The number of hydrogen-bond donors (Lipinski definition) is 1. The molecule has 102 valence electrons. The van der Waals surface area contributed by atoms with Gasteiger partial charge in [0, 0.05) is 23.6 Å². The number of piperidine rings is 1. The molecule has 18 heavy (non-hydrogen) atoms. The predicted octanol–water partition coefficient (Wildman–Crippen LogP) is 3.13. The van der Waals surface area contributed by atoms with E-state index in [0.29, 0.717) is 5.92 Å². The van der Waals surface area contributed by atoms with Gasteiger partial charge in [0.15, 0.2) is 0 Å². The molecule has 1 fully saturated rings. The first-order valence-electron chi connectivity index (χ1n) is 5.87. The Balaban J connectivity index is 0.00000162. The molecular weight excluding hydrogens is 336 g/mol. The number of halogens is 2. The monoisotopic (exact) mass is 352 g/mol. The van der Waals surface area contributed by atoms with Gasteiger partial charge in [-0.2, -0.15) is 0 Å². The molecule has 1 saturated heterocycles. The van der Waals surface area contributed by atoms with E-state index in [1.807, 2.05) is 23.3 Å². The van der Waals surface area contributed by atoms with Gasteiger partial charge < -0.3 is 10.6 Å². The third-order valence-electron chi connectivity index (χ3n) is 3.30. The summed E-state index contributed by atoms with van der Waals surface area (Å²) >= 11 is 4.91. The maximum absolute atomic E-state index is 12.3. The molecule has 1 aromatic rings. The lowest BCUT2D eigenvalue weighted by Crippen LogP contribution is -2.44. The highest BCUT2D eigenvalue weighted by atomic mass is 79.9. The van der Waals surface area contributed by atoms with Crippen molar-refractivity contribution in [1.29, 1.82) is 0 Å². The van der Waals surface area contributed by atoms with Gasteiger partial charge in [0.25, 0.3) is 5.91 Å². The summed E-state index contributed by atoms with van der Waals surface area (Å²) in [6, 6.07) is 2.09. The SMILES string of the molecule is CC(N)C1CCCN(C(=O)c2sccc2Br)C1.Cl. The van der Waals surface area contributed by atoms with Gasteiger partial charge >= 0.3 is 0 Å². The molecule has 0 radical (unpaired) electrons. The van der Waals surface area contributed by atoms with Crippen LogP contribution in [0.1, 0.15) is 29.4 Å². The largest absolute Gasteiger partial charge is 0.338 e. The zero-order valence-corrected chi connectivity index (χ0v) is 13.5. The van der Waals surface area contributed by atoms with E-state index in [2.05, 4.69) is 15.9 Å². The maximum atomic E-state index is 12.3. The highest BCUT2D eigenvalue weighted by molar-refractivity contribution is 9.10. The van der Waals surface area contributed by atoms with Crippen molar-refractivity contribution in [2.75, 3.05) is 13.1 Å². The lowest BCUT2D eigenvalue weighted by Gasteiger charge is -2.34.